The van der Waals surface area contributed by atoms with Crippen molar-refractivity contribution in [3.8, 4) is 23.0 Å². The van der Waals surface area contributed by atoms with E-state index in [9.17, 15) is 29.4 Å². The molecule has 0 aromatic heterocycles. The monoisotopic (exact) mass is 662 g/mol. The van der Waals surface area contributed by atoms with Gasteiger partial charge in [0, 0.05) is 47.4 Å². The second-order valence-corrected chi connectivity index (χ2v) is 12.6. The molecular formula is C39H38N2O8. The van der Waals surface area contributed by atoms with Gasteiger partial charge in [-0.05, 0) is 87.9 Å². The highest BCUT2D eigenvalue weighted by molar-refractivity contribution is 6.02. The Balaban J connectivity index is 1.08. The summed E-state index contributed by atoms with van der Waals surface area (Å²) >= 11 is 0. The van der Waals surface area contributed by atoms with Crippen molar-refractivity contribution in [3.05, 3.63) is 118 Å². The Hall–Kier alpha value is -5.64. The number of aryl methyl sites for hydroxylation is 2. The van der Waals surface area contributed by atoms with Gasteiger partial charge in [0.1, 0.15) is 23.0 Å². The molecule has 252 valence electrons. The van der Waals surface area contributed by atoms with Crippen LogP contribution in [0.2, 0.25) is 0 Å². The summed E-state index contributed by atoms with van der Waals surface area (Å²) in [5.41, 5.74) is 2.74. The van der Waals surface area contributed by atoms with Gasteiger partial charge in [-0.15, -0.1) is 0 Å². The number of hydrogen-bond donors (Lipinski definition) is 4. The van der Waals surface area contributed by atoms with Crippen molar-refractivity contribution in [1.29, 1.82) is 0 Å². The molecule has 0 aliphatic carbocycles. The van der Waals surface area contributed by atoms with E-state index in [0.717, 1.165) is 12.8 Å². The topological polar surface area (TPSA) is 151 Å². The highest BCUT2D eigenvalue weighted by atomic mass is 16.6. The van der Waals surface area contributed by atoms with Crippen molar-refractivity contribution in [3.63, 3.8) is 0 Å². The lowest BCUT2D eigenvalue weighted by Crippen LogP contribution is -2.40. The summed E-state index contributed by atoms with van der Waals surface area (Å²) in [4.78, 5) is 51.5. The molecule has 4 aromatic rings. The third-order valence-electron chi connectivity index (χ3n) is 9.06. The molecule has 0 bridgehead atoms. The number of carbonyl (C=O) groups is 4. The van der Waals surface area contributed by atoms with E-state index in [0.29, 0.717) is 48.9 Å². The number of nitrogens with one attached hydrogen (secondary N) is 2. The smallest absolute Gasteiger partial charge is 0.340 e. The molecule has 0 radical (unpaired) electrons. The van der Waals surface area contributed by atoms with E-state index in [1.807, 2.05) is 6.92 Å². The molecule has 2 amide bonds. The van der Waals surface area contributed by atoms with Crippen LogP contribution in [-0.4, -0.2) is 46.4 Å². The molecule has 0 fully saturated rings. The number of fused-ring (bicyclic) bond motifs is 6. The molecule has 49 heavy (non-hydrogen) atoms. The first-order chi connectivity index (χ1) is 23.5. The van der Waals surface area contributed by atoms with Crippen LogP contribution < -0.4 is 15.4 Å². The van der Waals surface area contributed by atoms with Crippen LogP contribution >= 0.6 is 0 Å². The molecule has 10 nitrogen and oxygen atoms in total. The van der Waals surface area contributed by atoms with E-state index in [1.54, 1.807) is 24.3 Å². The number of amides is 2. The Morgan fingerprint density at radius 1 is 0.816 bits per heavy atom. The second kappa shape index (κ2) is 13.8. The Labute approximate surface area is 284 Å². The van der Waals surface area contributed by atoms with Crippen LogP contribution in [0.25, 0.3) is 0 Å². The molecule has 2 aliphatic rings. The average molecular weight is 663 g/mol. The predicted molar refractivity (Wildman–Crippen MR) is 181 cm³/mol. The van der Waals surface area contributed by atoms with Crippen LogP contribution in [0, 0.1) is 6.92 Å². The van der Waals surface area contributed by atoms with E-state index in [1.165, 1.54) is 48.4 Å². The number of rotatable bonds is 12. The number of esters is 1. The van der Waals surface area contributed by atoms with Gasteiger partial charge in [0.05, 0.1) is 11.6 Å². The van der Waals surface area contributed by atoms with Crippen molar-refractivity contribution < 1.29 is 38.9 Å². The Bertz CT molecular complexity index is 1880. The maximum Gasteiger partial charge on any atom is 0.340 e. The normalized spacial score (nSPS) is 14.1. The predicted octanol–water partition coefficient (Wildman–Crippen LogP) is 5.97. The molecule has 4 aromatic carbocycles. The number of ketones is 1. The standard InChI is InChI=1S/C39H38N2O8/c1-23-9-11-25(12-10-23)6-5-8-36(45)40-19-4-3-7-33(24(2)42)41-37(46)26-13-16-30-29(20-26)38(47)49-39(30)31-17-14-27(43)21-34(31)48-35-22-28(44)15-18-32(35)39/h9-18,20-22,33,43-44H,3-8,19H2,1-2H3,(H,40,45)(H,41,46). The molecule has 2 aliphatic heterocycles. The van der Waals surface area contributed by atoms with Crippen LogP contribution in [0.1, 0.15) is 87.6 Å². The lowest BCUT2D eigenvalue weighted by molar-refractivity contribution is -0.121. The van der Waals surface area contributed by atoms with E-state index in [-0.39, 0.29) is 45.8 Å². The summed E-state index contributed by atoms with van der Waals surface area (Å²) in [6.45, 7) is 3.94. The average Bonchev–Trinajstić information content (AvgIpc) is 3.36. The SMILES string of the molecule is CC(=O)C(CCCCNC(=O)CCCc1ccc(C)cc1)NC(=O)c1ccc2c(c1)C(=O)OC21c2ccc(O)cc2Oc2cc(O)ccc21. The first kappa shape index (κ1) is 33.3. The quantitative estimate of drug-likeness (QED) is 0.107. The van der Waals surface area contributed by atoms with Crippen LogP contribution in [0.4, 0.5) is 0 Å². The third kappa shape index (κ3) is 6.85. The maximum absolute atomic E-state index is 13.4. The first-order valence-corrected chi connectivity index (χ1v) is 16.4. The fraction of sp³-hybridized carbons (Fsp3) is 0.282. The first-order valence-electron chi connectivity index (χ1n) is 16.4. The molecular weight excluding hydrogens is 624 g/mol. The molecule has 4 N–H and O–H groups in total. The molecule has 1 spiro atoms. The van der Waals surface area contributed by atoms with Crippen LogP contribution in [-0.2, 0) is 26.3 Å². The van der Waals surface area contributed by atoms with Gasteiger partial charge >= 0.3 is 5.97 Å². The van der Waals surface area contributed by atoms with E-state index in [4.69, 9.17) is 9.47 Å². The summed E-state index contributed by atoms with van der Waals surface area (Å²) in [5, 5.41) is 26.0. The van der Waals surface area contributed by atoms with Gasteiger partial charge in [-0.3, -0.25) is 14.4 Å². The Morgan fingerprint density at radius 3 is 2.12 bits per heavy atom. The fourth-order valence-corrected chi connectivity index (χ4v) is 6.46. The van der Waals surface area contributed by atoms with E-state index >= 15 is 0 Å². The lowest BCUT2D eigenvalue weighted by Gasteiger charge is -2.36. The number of ether oxygens (including phenoxy) is 2. The van der Waals surface area contributed by atoms with Gasteiger partial charge in [-0.25, -0.2) is 4.79 Å². The van der Waals surface area contributed by atoms with Crippen molar-refractivity contribution in [2.45, 2.75) is 64.0 Å². The Kier molecular flexibility index (Phi) is 9.40. The van der Waals surface area contributed by atoms with Crippen molar-refractivity contribution >= 4 is 23.6 Å². The number of unbranched alkanes of at least 4 members (excludes halogenated alkanes) is 1. The number of Topliss-reactive ketones (excluding diaryl/α,β-unsaturated/α-hetero) is 1. The summed E-state index contributed by atoms with van der Waals surface area (Å²) in [6.07, 6.45) is 3.70. The summed E-state index contributed by atoms with van der Waals surface area (Å²) < 4.78 is 12.1. The van der Waals surface area contributed by atoms with Crippen LogP contribution in [0.3, 0.4) is 0 Å². The molecule has 0 saturated carbocycles. The van der Waals surface area contributed by atoms with Crippen molar-refractivity contribution in [2.24, 2.45) is 0 Å². The van der Waals surface area contributed by atoms with Gasteiger partial charge in [-0.2, -0.15) is 0 Å². The maximum atomic E-state index is 13.4. The fourth-order valence-electron chi connectivity index (χ4n) is 6.46. The van der Waals surface area contributed by atoms with Gasteiger partial charge in [0.25, 0.3) is 5.91 Å². The van der Waals surface area contributed by atoms with Crippen LogP contribution in [0.15, 0.2) is 78.9 Å². The third-order valence-corrected chi connectivity index (χ3v) is 9.06. The molecule has 2 heterocycles. The van der Waals surface area contributed by atoms with Gasteiger partial charge in [0.2, 0.25) is 5.91 Å². The van der Waals surface area contributed by atoms with Crippen molar-refractivity contribution in [2.75, 3.05) is 6.54 Å². The minimum atomic E-state index is -1.44. The zero-order chi connectivity index (χ0) is 34.7. The Morgan fingerprint density at radius 2 is 1.47 bits per heavy atom. The van der Waals surface area contributed by atoms with Crippen molar-refractivity contribution in [1.82, 2.24) is 10.6 Å². The molecule has 10 heteroatoms. The zero-order valence-corrected chi connectivity index (χ0v) is 27.4. The largest absolute Gasteiger partial charge is 0.508 e. The summed E-state index contributed by atoms with van der Waals surface area (Å²) in [7, 11) is 0. The van der Waals surface area contributed by atoms with Gasteiger partial charge in [-0.1, -0.05) is 35.9 Å². The van der Waals surface area contributed by atoms with Crippen LogP contribution in [0.5, 0.6) is 23.0 Å². The highest BCUT2D eigenvalue weighted by Crippen LogP contribution is 2.57. The number of hydrogen-bond acceptors (Lipinski definition) is 8. The number of carbonyl (C=O) groups excluding carboxylic acids is 4. The molecule has 1 unspecified atom stereocenters. The second-order valence-electron chi connectivity index (χ2n) is 12.6. The number of phenolic OH excluding ortho intramolecular Hbond substituents is 2. The summed E-state index contributed by atoms with van der Waals surface area (Å²) in [5.74, 6) is -0.984. The molecule has 0 saturated heterocycles. The molecule has 6 rings (SSSR count). The van der Waals surface area contributed by atoms with E-state index in [2.05, 4.69) is 34.9 Å². The number of benzene rings is 4. The minimum absolute atomic E-state index is 0.00975. The van der Waals surface area contributed by atoms with Gasteiger partial charge in [0.15, 0.2) is 11.4 Å². The molecule has 1 atom stereocenters. The summed E-state index contributed by atoms with van der Waals surface area (Å²) in [6, 6.07) is 21.2. The highest BCUT2D eigenvalue weighted by Gasteiger charge is 2.53. The van der Waals surface area contributed by atoms with E-state index < -0.39 is 23.5 Å². The zero-order valence-electron chi connectivity index (χ0n) is 27.4. The van der Waals surface area contributed by atoms with Gasteiger partial charge < -0.3 is 30.3 Å². The lowest BCUT2D eigenvalue weighted by atomic mass is 9.77. The number of aromatic hydroxyl groups is 2. The minimum Gasteiger partial charge on any atom is -0.508 e. The number of phenols is 2.